The molecule has 4 rings (SSSR count). The molecule has 7 nitrogen and oxygen atoms in total. The normalized spacial score (nSPS) is 14.1. The molecule has 2 amide bonds. The SMILES string of the molecule is CCOc1ccc(N2C(=O)/C(=C/c3ccc(OCC(=O)Nc4c(C)cccc4C)c(OC)c3)SC2=S)cc1. The van der Waals surface area contributed by atoms with Crippen LogP contribution in [0.4, 0.5) is 11.4 Å². The first-order chi connectivity index (χ1) is 18.3. The standard InChI is InChI=1S/C29H28N2O5S2/c1-5-35-22-12-10-21(11-13-22)31-28(33)25(38-29(31)37)16-20-9-14-23(24(15-20)34-4)36-17-26(32)30-27-18(2)7-6-8-19(27)3/h6-16H,5,17H2,1-4H3,(H,30,32)/b25-16-. The molecule has 0 spiro atoms. The number of thioether (sulfide) groups is 1. The third-order valence-electron chi connectivity index (χ3n) is 5.79. The van der Waals surface area contributed by atoms with Crippen LogP contribution < -0.4 is 24.4 Å². The highest BCUT2D eigenvalue weighted by atomic mass is 32.2. The Bertz CT molecular complexity index is 1380. The molecule has 0 unspecified atom stereocenters. The Hall–Kier alpha value is -3.82. The van der Waals surface area contributed by atoms with Crippen LogP contribution in [0.2, 0.25) is 0 Å². The number of carbonyl (C=O) groups is 2. The molecule has 0 saturated carbocycles. The van der Waals surface area contributed by atoms with Gasteiger partial charge >= 0.3 is 0 Å². The molecule has 1 aliphatic heterocycles. The minimum atomic E-state index is -0.272. The first kappa shape index (κ1) is 27.2. The topological polar surface area (TPSA) is 77.1 Å². The monoisotopic (exact) mass is 548 g/mol. The largest absolute Gasteiger partial charge is 0.494 e. The molecule has 0 bridgehead atoms. The highest BCUT2D eigenvalue weighted by Crippen LogP contribution is 2.37. The minimum absolute atomic E-state index is 0.176. The number of nitrogens with one attached hydrogen (secondary N) is 1. The maximum atomic E-state index is 13.1. The first-order valence-corrected chi connectivity index (χ1v) is 13.2. The number of methoxy groups -OCH3 is 1. The van der Waals surface area contributed by atoms with Crippen LogP contribution in [-0.4, -0.2) is 36.5 Å². The zero-order valence-electron chi connectivity index (χ0n) is 21.6. The Morgan fingerprint density at radius 3 is 2.39 bits per heavy atom. The zero-order chi connectivity index (χ0) is 27.2. The number of benzene rings is 3. The van der Waals surface area contributed by atoms with Crippen molar-refractivity contribution in [2.24, 2.45) is 0 Å². The fourth-order valence-electron chi connectivity index (χ4n) is 3.92. The van der Waals surface area contributed by atoms with Gasteiger partial charge in [0.1, 0.15) is 5.75 Å². The lowest BCUT2D eigenvalue weighted by Crippen LogP contribution is -2.27. The molecule has 196 valence electrons. The van der Waals surface area contributed by atoms with Crippen molar-refractivity contribution >= 4 is 57.6 Å². The Kier molecular flexibility index (Phi) is 8.70. The molecule has 1 aliphatic rings. The van der Waals surface area contributed by atoms with Crippen molar-refractivity contribution in [1.82, 2.24) is 0 Å². The summed E-state index contributed by atoms with van der Waals surface area (Å²) < 4.78 is 17.1. The lowest BCUT2D eigenvalue weighted by molar-refractivity contribution is -0.118. The number of carbonyl (C=O) groups excluding carboxylic acids is 2. The number of hydrogen-bond donors (Lipinski definition) is 1. The molecule has 38 heavy (non-hydrogen) atoms. The number of nitrogens with zero attached hydrogens (tertiary/aromatic N) is 1. The molecule has 3 aromatic carbocycles. The molecular formula is C29H28N2O5S2. The number of amides is 2. The summed E-state index contributed by atoms with van der Waals surface area (Å²) in [6, 6.07) is 18.3. The highest BCUT2D eigenvalue weighted by Gasteiger charge is 2.33. The molecule has 1 N–H and O–H groups in total. The summed E-state index contributed by atoms with van der Waals surface area (Å²) in [5, 5.41) is 2.90. The summed E-state index contributed by atoms with van der Waals surface area (Å²) in [6.45, 7) is 6.19. The molecule has 1 heterocycles. The molecule has 1 fully saturated rings. The maximum Gasteiger partial charge on any atom is 0.270 e. The van der Waals surface area contributed by atoms with Crippen molar-refractivity contribution in [3.05, 3.63) is 82.3 Å². The number of aryl methyl sites for hydroxylation is 2. The molecular weight excluding hydrogens is 520 g/mol. The van der Waals surface area contributed by atoms with Crippen molar-refractivity contribution in [1.29, 1.82) is 0 Å². The van der Waals surface area contributed by atoms with Crippen molar-refractivity contribution in [3.63, 3.8) is 0 Å². The molecule has 0 radical (unpaired) electrons. The minimum Gasteiger partial charge on any atom is -0.494 e. The van der Waals surface area contributed by atoms with Crippen molar-refractivity contribution < 1.29 is 23.8 Å². The molecule has 3 aromatic rings. The second kappa shape index (κ2) is 12.1. The number of thiocarbonyl (C=S) groups is 1. The third-order valence-corrected chi connectivity index (χ3v) is 7.09. The van der Waals surface area contributed by atoms with Gasteiger partial charge in [0.25, 0.3) is 11.8 Å². The number of hydrogen-bond acceptors (Lipinski definition) is 7. The van der Waals surface area contributed by atoms with Crippen molar-refractivity contribution in [2.75, 3.05) is 30.5 Å². The van der Waals surface area contributed by atoms with E-state index in [1.54, 1.807) is 24.3 Å². The first-order valence-electron chi connectivity index (χ1n) is 12.0. The second-order valence-electron chi connectivity index (χ2n) is 8.46. The Balaban J connectivity index is 1.45. The van der Waals surface area contributed by atoms with Gasteiger partial charge in [-0.3, -0.25) is 14.5 Å². The van der Waals surface area contributed by atoms with Crippen LogP contribution in [-0.2, 0) is 9.59 Å². The van der Waals surface area contributed by atoms with Gasteiger partial charge in [0.15, 0.2) is 22.4 Å². The molecule has 0 aromatic heterocycles. The number of ether oxygens (including phenoxy) is 3. The number of para-hydroxylation sites is 1. The third kappa shape index (κ3) is 6.17. The zero-order valence-corrected chi connectivity index (χ0v) is 23.2. The fraction of sp³-hybridized carbons (Fsp3) is 0.207. The predicted octanol–water partition coefficient (Wildman–Crippen LogP) is 6.13. The lowest BCUT2D eigenvalue weighted by atomic mass is 10.1. The van der Waals surface area contributed by atoms with Crippen LogP contribution >= 0.6 is 24.0 Å². The summed E-state index contributed by atoms with van der Waals surface area (Å²) in [7, 11) is 1.52. The van der Waals surface area contributed by atoms with Crippen LogP contribution in [0.3, 0.4) is 0 Å². The number of anilines is 2. The van der Waals surface area contributed by atoms with E-state index >= 15 is 0 Å². The van der Waals surface area contributed by atoms with Gasteiger partial charge in [-0.15, -0.1) is 0 Å². The average molecular weight is 549 g/mol. The molecule has 0 aliphatic carbocycles. The number of rotatable bonds is 9. The van der Waals surface area contributed by atoms with E-state index in [1.165, 1.54) is 23.8 Å². The smallest absolute Gasteiger partial charge is 0.270 e. The molecule has 9 heteroatoms. The highest BCUT2D eigenvalue weighted by molar-refractivity contribution is 8.27. The summed E-state index contributed by atoms with van der Waals surface area (Å²) in [4.78, 5) is 27.6. The summed E-state index contributed by atoms with van der Waals surface area (Å²) in [6.07, 6.45) is 1.76. The Morgan fingerprint density at radius 2 is 1.74 bits per heavy atom. The van der Waals surface area contributed by atoms with E-state index in [4.69, 9.17) is 26.4 Å². The summed E-state index contributed by atoms with van der Waals surface area (Å²) in [5.41, 5.74) is 4.16. The van der Waals surface area contributed by atoms with Crippen LogP contribution in [0.5, 0.6) is 17.2 Å². The lowest BCUT2D eigenvalue weighted by Gasteiger charge is -2.15. The fourth-order valence-corrected chi connectivity index (χ4v) is 5.22. The summed E-state index contributed by atoms with van der Waals surface area (Å²) >= 11 is 6.71. The van der Waals surface area contributed by atoms with E-state index < -0.39 is 0 Å². The molecule has 1 saturated heterocycles. The molecule has 0 atom stereocenters. The Labute approximate surface area is 231 Å². The van der Waals surface area contributed by atoms with Gasteiger partial charge in [-0.2, -0.15) is 0 Å². The van der Waals surface area contributed by atoms with Gasteiger partial charge in [-0.25, -0.2) is 0 Å². The van der Waals surface area contributed by atoms with Gasteiger partial charge in [-0.1, -0.05) is 48.2 Å². The predicted molar refractivity (Wildman–Crippen MR) is 156 cm³/mol. The van der Waals surface area contributed by atoms with Gasteiger partial charge < -0.3 is 19.5 Å². The van der Waals surface area contributed by atoms with Gasteiger partial charge in [0.05, 0.1) is 24.3 Å². The van der Waals surface area contributed by atoms with E-state index in [2.05, 4.69) is 5.32 Å². The van der Waals surface area contributed by atoms with Gasteiger partial charge in [0, 0.05) is 5.69 Å². The van der Waals surface area contributed by atoms with Crippen LogP contribution in [0.25, 0.3) is 6.08 Å². The van der Waals surface area contributed by atoms with Crippen LogP contribution in [0.1, 0.15) is 23.6 Å². The summed E-state index contributed by atoms with van der Waals surface area (Å²) in [5.74, 6) is 1.12. The van der Waals surface area contributed by atoms with E-state index in [9.17, 15) is 9.59 Å². The van der Waals surface area contributed by atoms with Crippen LogP contribution in [0.15, 0.2) is 65.6 Å². The van der Waals surface area contributed by atoms with Crippen LogP contribution in [0, 0.1) is 13.8 Å². The Morgan fingerprint density at radius 1 is 1.03 bits per heavy atom. The van der Waals surface area contributed by atoms with E-state index in [1.807, 2.05) is 63.2 Å². The van der Waals surface area contributed by atoms with Crippen molar-refractivity contribution in [3.8, 4) is 17.2 Å². The maximum absolute atomic E-state index is 13.1. The van der Waals surface area contributed by atoms with E-state index in [0.29, 0.717) is 33.0 Å². The van der Waals surface area contributed by atoms with Gasteiger partial charge in [0.2, 0.25) is 0 Å². The van der Waals surface area contributed by atoms with E-state index in [-0.39, 0.29) is 18.4 Å². The van der Waals surface area contributed by atoms with Crippen molar-refractivity contribution in [2.45, 2.75) is 20.8 Å². The quantitative estimate of drug-likeness (QED) is 0.254. The average Bonchev–Trinajstić information content (AvgIpc) is 3.18. The van der Waals surface area contributed by atoms with Gasteiger partial charge in [-0.05, 0) is 79.9 Å². The van der Waals surface area contributed by atoms with E-state index in [0.717, 1.165) is 28.1 Å². The second-order valence-corrected chi connectivity index (χ2v) is 10.1.